The van der Waals surface area contributed by atoms with Gasteiger partial charge in [-0.2, -0.15) is 8.42 Å². The van der Waals surface area contributed by atoms with Crippen LogP contribution in [0, 0.1) is 0 Å². The summed E-state index contributed by atoms with van der Waals surface area (Å²) in [6.07, 6.45) is 3.61. The third kappa shape index (κ3) is 9.28. The minimum Gasteiger partial charge on any atom is -0.476 e. The van der Waals surface area contributed by atoms with E-state index in [9.17, 15) is 8.42 Å². The Morgan fingerprint density at radius 3 is 2.06 bits per heavy atom. The van der Waals surface area contributed by atoms with E-state index in [1.807, 2.05) is 73.5 Å². The third-order valence-electron chi connectivity index (χ3n) is 3.92. The van der Waals surface area contributed by atoms with Crippen LogP contribution in [-0.2, 0) is 10.1 Å². The van der Waals surface area contributed by atoms with Crippen LogP contribution in [0.3, 0.4) is 0 Å². The molecule has 1 heterocycles. The molecule has 0 saturated carbocycles. The molecule has 0 bridgehead atoms. The molecule has 1 aromatic heterocycles. The van der Waals surface area contributed by atoms with Crippen molar-refractivity contribution in [2.45, 2.75) is 6.42 Å². The number of ether oxygens (including phenoxy) is 1. The fourth-order valence-corrected chi connectivity index (χ4v) is 2.82. The van der Waals surface area contributed by atoms with E-state index in [2.05, 4.69) is 10.00 Å². The van der Waals surface area contributed by atoms with Gasteiger partial charge >= 0.3 is 0 Å². The average molecular weight is 486 g/mol. The van der Waals surface area contributed by atoms with Crippen molar-refractivity contribution in [3.8, 4) is 22.7 Å². The SMILES string of the molecule is CN(C)CCCOc1nn(-c2ccc(Cl)cc2)cc1-c1ccc(Cl)cc1.CS(=O)(=O)O. The lowest BCUT2D eigenvalue weighted by Gasteiger charge is -2.10. The first kappa shape index (κ1) is 25.2. The van der Waals surface area contributed by atoms with Crippen LogP contribution in [0.25, 0.3) is 16.8 Å². The summed E-state index contributed by atoms with van der Waals surface area (Å²) in [7, 11) is 0.433. The van der Waals surface area contributed by atoms with Gasteiger partial charge in [0.1, 0.15) is 0 Å². The highest BCUT2D eigenvalue weighted by atomic mass is 35.5. The molecule has 31 heavy (non-hydrogen) atoms. The van der Waals surface area contributed by atoms with Gasteiger partial charge in [0.15, 0.2) is 0 Å². The van der Waals surface area contributed by atoms with Crippen molar-refractivity contribution in [1.29, 1.82) is 0 Å². The molecule has 3 aromatic rings. The first-order chi connectivity index (χ1) is 14.5. The maximum atomic E-state index is 9.19. The van der Waals surface area contributed by atoms with Gasteiger partial charge in [-0.25, -0.2) is 4.68 Å². The minimum absolute atomic E-state index is 0.608. The first-order valence-corrected chi connectivity index (χ1v) is 11.9. The van der Waals surface area contributed by atoms with E-state index in [4.69, 9.17) is 32.5 Å². The predicted molar refractivity (Wildman–Crippen MR) is 125 cm³/mol. The fourth-order valence-electron chi connectivity index (χ4n) is 2.57. The highest BCUT2D eigenvalue weighted by molar-refractivity contribution is 7.85. The van der Waals surface area contributed by atoms with Crippen molar-refractivity contribution in [1.82, 2.24) is 14.7 Å². The summed E-state index contributed by atoms with van der Waals surface area (Å²) >= 11 is 12.0. The molecule has 0 aliphatic carbocycles. The van der Waals surface area contributed by atoms with E-state index in [1.54, 1.807) is 0 Å². The molecule has 10 heteroatoms. The molecule has 7 nitrogen and oxygen atoms in total. The van der Waals surface area contributed by atoms with Crippen LogP contribution in [0.5, 0.6) is 5.88 Å². The Hall–Kier alpha value is -2.10. The Morgan fingerprint density at radius 1 is 1.03 bits per heavy atom. The molecule has 2 aromatic carbocycles. The Labute approximate surface area is 192 Å². The van der Waals surface area contributed by atoms with Crippen molar-refractivity contribution in [3.63, 3.8) is 0 Å². The number of aromatic nitrogens is 2. The van der Waals surface area contributed by atoms with Gasteiger partial charge in [-0.15, -0.1) is 5.10 Å². The summed E-state index contributed by atoms with van der Waals surface area (Å²) in [5.41, 5.74) is 2.87. The summed E-state index contributed by atoms with van der Waals surface area (Å²) in [5, 5.41) is 6.03. The molecule has 0 radical (unpaired) electrons. The van der Waals surface area contributed by atoms with Crippen molar-refractivity contribution < 1.29 is 17.7 Å². The van der Waals surface area contributed by atoms with Gasteiger partial charge in [-0.1, -0.05) is 35.3 Å². The van der Waals surface area contributed by atoms with E-state index < -0.39 is 10.1 Å². The molecule has 1 N–H and O–H groups in total. The molecule has 0 aliphatic rings. The molecule has 168 valence electrons. The zero-order chi connectivity index (χ0) is 23.0. The molecule has 0 saturated heterocycles. The zero-order valence-electron chi connectivity index (χ0n) is 17.5. The Kier molecular flexibility index (Phi) is 9.33. The Morgan fingerprint density at radius 2 is 1.55 bits per heavy atom. The van der Waals surface area contributed by atoms with Gasteiger partial charge < -0.3 is 9.64 Å². The van der Waals surface area contributed by atoms with E-state index >= 15 is 0 Å². The maximum absolute atomic E-state index is 9.19. The lowest BCUT2D eigenvalue weighted by molar-refractivity contribution is 0.273. The van der Waals surface area contributed by atoms with E-state index in [1.165, 1.54) is 0 Å². The highest BCUT2D eigenvalue weighted by Crippen LogP contribution is 2.31. The first-order valence-electron chi connectivity index (χ1n) is 9.34. The summed E-state index contributed by atoms with van der Waals surface area (Å²) in [4.78, 5) is 2.13. The fraction of sp³-hybridized carbons (Fsp3) is 0.286. The van der Waals surface area contributed by atoms with Crippen LogP contribution in [-0.4, -0.2) is 61.2 Å². The van der Waals surface area contributed by atoms with E-state index in [-0.39, 0.29) is 0 Å². The largest absolute Gasteiger partial charge is 0.476 e. The number of halogens is 2. The van der Waals surface area contributed by atoms with Crippen LogP contribution in [0.15, 0.2) is 54.7 Å². The summed E-state index contributed by atoms with van der Waals surface area (Å²) in [5.74, 6) is 0.612. The van der Waals surface area contributed by atoms with Crippen molar-refractivity contribution in [2.75, 3.05) is 33.5 Å². The van der Waals surface area contributed by atoms with Gasteiger partial charge in [0.25, 0.3) is 10.1 Å². The second kappa shape index (κ2) is 11.5. The number of hydrogen-bond donors (Lipinski definition) is 1. The summed E-state index contributed by atoms with van der Waals surface area (Å²) in [6, 6.07) is 15.2. The molecule has 0 atom stereocenters. The van der Waals surface area contributed by atoms with Crippen LogP contribution in [0.1, 0.15) is 6.42 Å². The molecular formula is C21H25Cl2N3O4S. The topological polar surface area (TPSA) is 84.7 Å². The lowest BCUT2D eigenvalue weighted by atomic mass is 10.1. The quantitative estimate of drug-likeness (QED) is 0.386. The molecule has 0 amide bonds. The Bertz CT molecular complexity index is 1060. The standard InChI is InChI=1S/C20H21Cl2N3O.CH4O3S/c1-24(2)12-3-13-26-20-19(15-4-6-16(21)7-5-15)14-25(23-20)18-10-8-17(22)9-11-18;1-5(2,3)4/h4-11,14H,3,12-13H2,1-2H3;1H3,(H,2,3,4). The van der Waals surface area contributed by atoms with Gasteiger partial charge in [0.2, 0.25) is 5.88 Å². The van der Waals surface area contributed by atoms with Crippen molar-refractivity contribution in [2.24, 2.45) is 0 Å². The Balaban J connectivity index is 0.000000614. The van der Waals surface area contributed by atoms with Crippen LogP contribution in [0.4, 0.5) is 0 Å². The van der Waals surface area contributed by atoms with Gasteiger partial charge in [-0.3, -0.25) is 4.55 Å². The molecule has 0 spiro atoms. The minimum atomic E-state index is -3.67. The van der Waals surface area contributed by atoms with Crippen molar-refractivity contribution >= 4 is 33.3 Å². The number of benzene rings is 2. The second-order valence-electron chi connectivity index (χ2n) is 7.01. The third-order valence-corrected chi connectivity index (χ3v) is 4.42. The zero-order valence-corrected chi connectivity index (χ0v) is 19.8. The number of nitrogens with zero attached hydrogens (tertiary/aromatic N) is 3. The number of hydrogen-bond acceptors (Lipinski definition) is 5. The van der Waals surface area contributed by atoms with E-state index in [0.717, 1.165) is 29.8 Å². The van der Waals surface area contributed by atoms with Crippen LogP contribution < -0.4 is 4.74 Å². The second-order valence-corrected chi connectivity index (χ2v) is 9.35. The van der Waals surface area contributed by atoms with Crippen LogP contribution in [0.2, 0.25) is 10.0 Å². The maximum Gasteiger partial charge on any atom is 0.261 e. The smallest absolute Gasteiger partial charge is 0.261 e. The monoisotopic (exact) mass is 485 g/mol. The average Bonchev–Trinajstić information content (AvgIpc) is 3.09. The summed E-state index contributed by atoms with van der Waals surface area (Å²) < 4.78 is 33.7. The molecule has 0 aliphatic heterocycles. The van der Waals surface area contributed by atoms with Gasteiger partial charge in [0, 0.05) is 22.8 Å². The summed E-state index contributed by atoms with van der Waals surface area (Å²) in [6.45, 7) is 1.57. The van der Waals surface area contributed by atoms with Crippen LogP contribution >= 0.6 is 23.2 Å². The normalized spacial score (nSPS) is 11.2. The molecule has 0 unspecified atom stereocenters. The van der Waals surface area contributed by atoms with Crippen molar-refractivity contribution in [3.05, 3.63) is 64.8 Å². The van der Waals surface area contributed by atoms with Gasteiger partial charge in [-0.05, 0) is 62.5 Å². The molecular weight excluding hydrogens is 461 g/mol. The lowest BCUT2D eigenvalue weighted by Crippen LogP contribution is -2.15. The number of rotatable bonds is 7. The highest BCUT2D eigenvalue weighted by Gasteiger charge is 2.14. The molecule has 0 fully saturated rings. The van der Waals surface area contributed by atoms with Gasteiger partial charge in [0.05, 0.1) is 24.1 Å². The van der Waals surface area contributed by atoms with E-state index in [0.29, 0.717) is 28.8 Å². The predicted octanol–water partition coefficient (Wildman–Crippen LogP) is 4.68. The molecule has 3 rings (SSSR count).